The second kappa shape index (κ2) is 5.24. The third-order valence-corrected chi connectivity index (χ3v) is 3.08. The summed E-state index contributed by atoms with van der Waals surface area (Å²) >= 11 is 1.87. The molecule has 0 spiro atoms. The van der Waals surface area contributed by atoms with Crippen molar-refractivity contribution in [1.29, 1.82) is 0 Å². The Labute approximate surface area is 94.5 Å². The van der Waals surface area contributed by atoms with E-state index in [2.05, 4.69) is 40.8 Å². The Morgan fingerprint density at radius 3 is 3.13 bits per heavy atom. The van der Waals surface area contributed by atoms with Crippen LogP contribution in [0.25, 0.3) is 10.9 Å². The fraction of sp³-hybridized carbons (Fsp3) is 0.333. The lowest BCUT2D eigenvalue weighted by atomic mass is 10.1. The van der Waals surface area contributed by atoms with E-state index in [9.17, 15) is 0 Å². The smallest absolute Gasteiger partial charge is 0.0499 e. The molecule has 0 amide bonds. The SMILES string of the molecule is CSCCNCc1cccc2cc[nH]c12. The van der Waals surface area contributed by atoms with E-state index in [0.717, 1.165) is 13.1 Å². The predicted octanol–water partition coefficient (Wildman–Crippen LogP) is 2.62. The van der Waals surface area contributed by atoms with Crippen LogP contribution in [-0.2, 0) is 6.54 Å². The summed E-state index contributed by atoms with van der Waals surface area (Å²) in [6, 6.07) is 8.53. The highest BCUT2D eigenvalue weighted by molar-refractivity contribution is 7.98. The van der Waals surface area contributed by atoms with Crippen LogP contribution in [0, 0.1) is 0 Å². The summed E-state index contributed by atoms with van der Waals surface area (Å²) in [6.07, 6.45) is 4.13. The van der Waals surface area contributed by atoms with Crippen molar-refractivity contribution in [1.82, 2.24) is 10.3 Å². The zero-order valence-corrected chi connectivity index (χ0v) is 9.73. The molecular weight excluding hydrogens is 204 g/mol. The Hall–Kier alpha value is -0.930. The van der Waals surface area contributed by atoms with Gasteiger partial charge in [-0.05, 0) is 23.3 Å². The zero-order valence-electron chi connectivity index (χ0n) is 8.92. The molecule has 0 saturated carbocycles. The summed E-state index contributed by atoms with van der Waals surface area (Å²) in [5.41, 5.74) is 2.60. The fourth-order valence-corrected chi connectivity index (χ4v) is 2.04. The molecule has 3 heteroatoms. The van der Waals surface area contributed by atoms with Crippen LogP contribution in [0.1, 0.15) is 5.56 Å². The van der Waals surface area contributed by atoms with Crippen molar-refractivity contribution in [2.24, 2.45) is 0 Å². The lowest BCUT2D eigenvalue weighted by molar-refractivity contribution is 0.735. The van der Waals surface area contributed by atoms with Gasteiger partial charge in [0.1, 0.15) is 0 Å². The van der Waals surface area contributed by atoms with Crippen molar-refractivity contribution in [3.05, 3.63) is 36.0 Å². The standard InChI is InChI=1S/C12H16N2S/c1-15-8-7-13-9-11-4-2-3-10-5-6-14-12(10)11/h2-6,13-14H,7-9H2,1H3. The van der Waals surface area contributed by atoms with E-state index >= 15 is 0 Å². The van der Waals surface area contributed by atoms with Gasteiger partial charge in [-0.15, -0.1) is 0 Å². The Balaban J connectivity index is 2.04. The van der Waals surface area contributed by atoms with Gasteiger partial charge in [-0.2, -0.15) is 11.8 Å². The number of aromatic nitrogens is 1. The van der Waals surface area contributed by atoms with Gasteiger partial charge in [0.05, 0.1) is 0 Å². The number of H-pyrrole nitrogens is 1. The van der Waals surface area contributed by atoms with Gasteiger partial charge in [0.15, 0.2) is 0 Å². The predicted molar refractivity (Wildman–Crippen MR) is 68.4 cm³/mol. The molecule has 0 aliphatic heterocycles. The quantitative estimate of drug-likeness (QED) is 0.758. The first kappa shape index (κ1) is 10.6. The van der Waals surface area contributed by atoms with Crippen molar-refractivity contribution in [3.63, 3.8) is 0 Å². The lowest BCUT2D eigenvalue weighted by Gasteiger charge is -2.05. The first-order valence-electron chi connectivity index (χ1n) is 5.16. The van der Waals surface area contributed by atoms with Crippen molar-refractivity contribution in [2.75, 3.05) is 18.6 Å². The van der Waals surface area contributed by atoms with Gasteiger partial charge in [0.2, 0.25) is 0 Å². The van der Waals surface area contributed by atoms with Gasteiger partial charge in [-0.25, -0.2) is 0 Å². The van der Waals surface area contributed by atoms with E-state index in [0.29, 0.717) is 0 Å². The van der Waals surface area contributed by atoms with Crippen LogP contribution in [0.4, 0.5) is 0 Å². The van der Waals surface area contributed by atoms with Crippen molar-refractivity contribution < 1.29 is 0 Å². The normalized spacial score (nSPS) is 11.0. The molecule has 0 aliphatic rings. The number of hydrogen-bond donors (Lipinski definition) is 2. The summed E-state index contributed by atoms with van der Waals surface area (Å²) in [5, 5.41) is 4.73. The molecule has 0 saturated heterocycles. The third kappa shape index (κ3) is 2.55. The molecule has 1 aromatic heterocycles. The fourth-order valence-electron chi connectivity index (χ4n) is 1.69. The minimum Gasteiger partial charge on any atom is -0.361 e. The number of aromatic amines is 1. The maximum absolute atomic E-state index is 3.44. The molecule has 2 aromatic rings. The van der Waals surface area contributed by atoms with Crippen molar-refractivity contribution in [2.45, 2.75) is 6.54 Å². The van der Waals surface area contributed by atoms with Crippen LogP contribution in [0.2, 0.25) is 0 Å². The second-order valence-electron chi connectivity index (χ2n) is 3.53. The number of rotatable bonds is 5. The molecule has 0 unspecified atom stereocenters. The first-order valence-corrected chi connectivity index (χ1v) is 6.56. The maximum Gasteiger partial charge on any atom is 0.0499 e. The minimum atomic E-state index is 0.943. The van der Waals surface area contributed by atoms with Crippen LogP contribution >= 0.6 is 11.8 Å². The highest BCUT2D eigenvalue weighted by atomic mass is 32.2. The highest BCUT2D eigenvalue weighted by Crippen LogP contribution is 2.16. The molecule has 1 heterocycles. The summed E-state index contributed by atoms with van der Waals surface area (Å²) in [7, 11) is 0. The molecule has 0 radical (unpaired) electrons. The molecule has 15 heavy (non-hydrogen) atoms. The maximum atomic E-state index is 3.44. The van der Waals surface area contributed by atoms with Crippen molar-refractivity contribution in [3.8, 4) is 0 Å². The van der Waals surface area contributed by atoms with Crippen LogP contribution in [0.15, 0.2) is 30.5 Å². The molecule has 0 bridgehead atoms. The number of nitrogens with one attached hydrogen (secondary N) is 2. The number of thioether (sulfide) groups is 1. The Bertz CT molecular complexity index is 422. The average molecular weight is 220 g/mol. The molecule has 0 atom stereocenters. The summed E-state index contributed by atoms with van der Waals surface area (Å²) in [4.78, 5) is 3.28. The molecule has 80 valence electrons. The molecular formula is C12H16N2S. The number of hydrogen-bond acceptors (Lipinski definition) is 2. The van der Waals surface area contributed by atoms with Gasteiger partial charge in [-0.3, -0.25) is 0 Å². The summed E-state index contributed by atoms with van der Waals surface area (Å²) in [5.74, 6) is 1.17. The van der Waals surface area contributed by atoms with Crippen LogP contribution in [0.3, 0.4) is 0 Å². The van der Waals surface area contributed by atoms with Gasteiger partial charge in [0, 0.05) is 30.6 Å². The summed E-state index contributed by atoms with van der Waals surface area (Å²) in [6.45, 7) is 2.01. The van der Waals surface area contributed by atoms with E-state index < -0.39 is 0 Å². The van der Waals surface area contributed by atoms with E-state index in [-0.39, 0.29) is 0 Å². The third-order valence-electron chi connectivity index (χ3n) is 2.47. The highest BCUT2D eigenvalue weighted by Gasteiger charge is 2.00. The van der Waals surface area contributed by atoms with Crippen LogP contribution < -0.4 is 5.32 Å². The first-order chi connectivity index (χ1) is 7.42. The number of fused-ring (bicyclic) bond motifs is 1. The Morgan fingerprint density at radius 1 is 1.33 bits per heavy atom. The molecule has 0 aliphatic carbocycles. The van der Waals surface area contributed by atoms with E-state index in [1.165, 1.54) is 22.2 Å². The number of para-hydroxylation sites is 1. The van der Waals surface area contributed by atoms with Gasteiger partial charge < -0.3 is 10.3 Å². The van der Waals surface area contributed by atoms with Gasteiger partial charge in [0.25, 0.3) is 0 Å². The molecule has 0 fully saturated rings. The Kier molecular flexibility index (Phi) is 3.69. The van der Waals surface area contributed by atoms with E-state index in [1.807, 2.05) is 18.0 Å². The molecule has 2 N–H and O–H groups in total. The van der Waals surface area contributed by atoms with Gasteiger partial charge >= 0.3 is 0 Å². The largest absolute Gasteiger partial charge is 0.361 e. The number of benzene rings is 1. The van der Waals surface area contributed by atoms with Crippen molar-refractivity contribution >= 4 is 22.7 Å². The van der Waals surface area contributed by atoms with E-state index in [1.54, 1.807) is 0 Å². The monoisotopic (exact) mass is 220 g/mol. The van der Waals surface area contributed by atoms with Crippen LogP contribution in [0.5, 0.6) is 0 Å². The summed E-state index contributed by atoms with van der Waals surface area (Å²) < 4.78 is 0. The Morgan fingerprint density at radius 2 is 2.27 bits per heavy atom. The second-order valence-corrected chi connectivity index (χ2v) is 4.51. The molecule has 2 rings (SSSR count). The molecule has 2 nitrogen and oxygen atoms in total. The zero-order chi connectivity index (χ0) is 10.5. The minimum absolute atomic E-state index is 0.943. The van der Waals surface area contributed by atoms with Crippen LogP contribution in [-0.4, -0.2) is 23.5 Å². The molecule has 1 aromatic carbocycles. The topological polar surface area (TPSA) is 27.8 Å². The lowest BCUT2D eigenvalue weighted by Crippen LogP contribution is -2.16. The average Bonchev–Trinajstić information content (AvgIpc) is 2.73. The van der Waals surface area contributed by atoms with E-state index in [4.69, 9.17) is 0 Å². The van der Waals surface area contributed by atoms with Gasteiger partial charge in [-0.1, -0.05) is 18.2 Å².